The Morgan fingerprint density at radius 1 is 1.40 bits per heavy atom. The van der Waals surface area contributed by atoms with Gasteiger partial charge in [-0.05, 0) is 18.2 Å². The molecule has 9 heteroatoms. The summed E-state index contributed by atoms with van der Waals surface area (Å²) in [7, 11) is 2.88. The van der Waals surface area contributed by atoms with Gasteiger partial charge in [0.2, 0.25) is 0 Å². The van der Waals surface area contributed by atoms with Crippen LogP contribution in [0, 0.1) is 5.82 Å². The minimum absolute atomic E-state index is 0.0396. The van der Waals surface area contributed by atoms with Crippen molar-refractivity contribution in [1.29, 1.82) is 0 Å². The summed E-state index contributed by atoms with van der Waals surface area (Å²) in [6.07, 6.45) is 0.0396. The molecule has 0 saturated carbocycles. The van der Waals surface area contributed by atoms with Gasteiger partial charge in [0.1, 0.15) is 10.7 Å². The smallest absolute Gasteiger partial charge is 0.311 e. The minimum Gasteiger partial charge on any atom is -0.469 e. The van der Waals surface area contributed by atoms with Crippen LogP contribution in [-0.4, -0.2) is 31.0 Å². The van der Waals surface area contributed by atoms with Gasteiger partial charge < -0.3 is 4.74 Å². The first-order valence-corrected chi connectivity index (χ1v) is 9.15. The molecule has 1 amide bonds. The van der Waals surface area contributed by atoms with Crippen molar-refractivity contribution in [2.24, 2.45) is 0 Å². The summed E-state index contributed by atoms with van der Waals surface area (Å²) in [6, 6.07) is 4.21. The lowest BCUT2D eigenvalue weighted by Crippen LogP contribution is -2.25. The predicted molar refractivity (Wildman–Crippen MR) is 97.4 cm³/mol. The number of anilines is 1. The maximum atomic E-state index is 13.4. The van der Waals surface area contributed by atoms with Gasteiger partial charge in [-0.2, -0.15) is 0 Å². The first-order valence-electron chi connectivity index (χ1n) is 7.07. The Kier molecular flexibility index (Phi) is 5.03. The predicted octanol–water partition coefficient (Wildman–Crippen LogP) is 4.14. The monoisotopic (exact) mass is 398 g/mol. The zero-order valence-corrected chi connectivity index (χ0v) is 15.6. The average molecular weight is 399 g/mol. The topological polar surface area (TPSA) is 59.5 Å². The molecule has 0 aliphatic rings. The second kappa shape index (κ2) is 7.07. The Morgan fingerprint density at radius 2 is 2.16 bits per heavy atom. The number of methoxy groups -OCH3 is 1. The van der Waals surface area contributed by atoms with E-state index in [-0.39, 0.29) is 18.1 Å². The van der Waals surface area contributed by atoms with Crippen LogP contribution in [0.5, 0.6) is 0 Å². The van der Waals surface area contributed by atoms with Gasteiger partial charge in [0.15, 0.2) is 5.13 Å². The number of esters is 1. The van der Waals surface area contributed by atoms with E-state index in [4.69, 9.17) is 11.6 Å². The lowest BCUT2D eigenvalue weighted by molar-refractivity contribution is -0.139. The van der Waals surface area contributed by atoms with E-state index in [0.29, 0.717) is 30.8 Å². The molecule has 0 aliphatic heterocycles. The summed E-state index contributed by atoms with van der Waals surface area (Å²) < 4.78 is 18.6. The fourth-order valence-corrected chi connectivity index (χ4v) is 4.47. The molecule has 0 bridgehead atoms. The molecule has 0 saturated heterocycles. The number of benzene rings is 1. The zero-order chi connectivity index (χ0) is 18.1. The summed E-state index contributed by atoms with van der Waals surface area (Å²) in [6.45, 7) is 0. The van der Waals surface area contributed by atoms with E-state index in [2.05, 4.69) is 9.72 Å². The van der Waals surface area contributed by atoms with E-state index in [1.807, 2.05) is 0 Å². The molecule has 0 radical (unpaired) electrons. The van der Waals surface area contributed by atoms with Crippen LogP contribution in [-0.2, 0) is 16.0 Å². The minimum atomic E-state index is -0.402. The first-order chi connectivity index (χ1) is 11.9. The molecule has 3 aromatic rings. The number of ether oxygens (including phenoxy) is 1. The fraction of sp³-hybridized carbons (Fsp3) is 0.188. The van der Waals surface area contributed by atoms with Crippen LogP contribution >= 0.6 is 34.3 Å². The molecule has 25 heavy (non-hydrogen) atoms. The maximum Gasteiger partial charge on any atom is 0.311 e. The Morgan fingerprint density at radius 3 is 2.88 bits per heavy atom. The van der Waals surface area contributed by atoms with E-state index in [1.54, 1.807) is 18.5 Å². The number of carbonyl (C=O) groups is 2. The van der Waals surface area contributed by atoms with Crippen LogP contribution < -0.4 is 4.90 Å². The molecule has 0 aliphatic carbocycles. The molecule has 2 aromatic heterocycles. The molecule has 0 spiro atoms. The molecule has 0 fully saturated rings. The highest BCUT2D eigenvalue weighted by molar-refractivity contribution is 7.22. The molecule has 0 N–H and O–H groups in total. The van der Waals surface area contributed by atoms with Crippen LogP contribution in [0.1, 0.15) is 15.4 Å². The SMILES string of the molecule is COC(=O)Cc1csc(N(C)C(=O)c2sc3cc(F)ccc3c2Cl)n1. The quantitative estimate of drug-likeness (QED) is 0.619. The van der Waals surface area contributed by atoms with Crippen molar-refractivity contribution < 1.29 is 18.7 Å². The van der Waals surface area contributed by atoms with Gasteiger partial charge in [0.25, 0.3) is 5.91 Å². The van der Waals surface area contributed by atoms with Gasteiger partial charge in [0, 0.05) is 22.5 Å². The van der Waals surface area contributed by atoms with E-state index in [9.17, 15) is 14.0 Å². The Bertz CT molecular complexity index is 970. The molecule has 0 unspecified atom stereocenters. The van der Waals surface area contributed by atoms with Gasteiger partial charge in [-0.1, -0.05) is 11.6 Å². The Labute approximate surface area is 155 Å². The number of aromatic nitrogens is 1. The maximum absolute atomic E-state index is 13.4. The zero-order valence-electron chi connectivity index (χ0n) is 13.2. The highest BCUT2D eigenvalue weighted by atomic mass is 35.5. The van der Waals surface area contributed by atoms with Crippen LogP contribution in [0.15, 0.2) is 23.6 Å². The number of amides is 1. The molecule has 2 heterocycles. The second-order valence-corrected chi connectivity index (χ2v) is 7.39. The van der Waals surface area contributed by atoms with Crippen molar-refractivity contribution >= 4 is 61.4 Å². The van der Waals surface area contributed by atoms with E-state index >= 15 is 0 Å². The van der Waals surface area contributed by atoms with Gasteiger partial charge in [0.05, 0.1) is 24.2 Å². The van der Waals surface area contributed by atoms with Crippen LogP contribution in [0.2, 0.25) is 5.02 Å². The summed E-state index contributed by atoms with van der Waals surface area (Å²) in [5.74, 6) is -1.13. The van der Waals surface area contributed by atoms with E-state index < -0.39 is 5.97 Å². The highest BCUT2D eigenvalue weighted by Gasteiger charge is 2.23. The first kappa shape index (κ1) is 17.8. The van der Waals surface area contributed by atoms with Crippen LogP contribution in [0.4, 0.5) is 9.52 Å². The molecular weight excluding hydrogens is 387 g/mol. The van der Waals surface area contributed by atoms with Gasteiger partial charge in [-0.15, -0.1) is 22.7 Å². The van der Waals surface area contributed by atoms with Gasteiger partial charge in [-0.3, -0.25) is 14.5 Å². The van der Waals surface area contributed by atoms with Crippen molar-refractivity contribution in [3.8, 4) is 0 Å². The third-order valence-electron chi connectivity index (χ3n) is 3.47. The van der Waals surface area contributed by atoms with Crippen LogP contribution in [0.3, 0.4) is 0 Å². The number of hydrogen-bond acceptors (Lipinski definition) is 6. The van der Waals surface area contributed by atoms with Crippen molar-refractivity contribution in [3.05, 3.63) is 45.0 Å². The summed E-state index contributed by atoms with van der Waals surface area (Å²) in [5, 5.41) is 3.06. The number of nitrogens with zero attached hydrogens (tertiary/aromatic N) is 2. The molecular formula is C16H12ClFN2O3S2. The third-order valence-corrected chi connectivity index (χ3v) is 6.08. The normalized spacial score (nSPS) is 10.9. The van der Waals surface area contributed by atoms with Crippen molar-refractivity contribution in [1.82, 2.24) is 4.98 Å². The number of halogens is 2. The van der Waals surface area contributed by atoms with E-state index in [1.165, 1.54) is 35.5 Å². The number of carbonyl (C=O) groups excluding carboxylic acids is 2. The summed E-state index contributed by atoms with van der Waals surface area (Å²) >= 11 is 8.66. The van der Waals surface area contributed by atoms with Crippen molar-refractivity contribution in [3.63, 3.8) is 0 Å². The Balaban J connectivity index is 1.88. The van der Waals surface area contributed by atoms with Gasteiger partial charge in [-0.25, -0.2) is 9.37 Å². The number of thiazole rings is 1. The fourth-order valence-electron chi connectivity index (χ4n) is 2.17. The molecule has 1 aromatic carbocycles. The third kappa shape index (κ3) is 3.51. The average Bonchev–Trinajstić information content (AvgIpc) is 3.18. The molecule has 130 valence electrons. The number of hydrogen-bond donors (Lipinski definition) is 0. The molecule has 0 atom stereocenters. The van der Waals surface area contributed by atoms with Crippen LogP contribution in [0.25, 0.3) is 10.1 Å². The van der Waals surface area contributed by atoms with Gasteiger partial charge >= 0.3 is 5.97 Å². The summed E-state index contributed by atoms with van der Waals surface area (Å²) in [5.41, 5.74) is 0.524. The number of fused-ring (bicyclic) bond motifs is 1. The second-order valence-electron chi connectivity index (χ2n) is 5.12. The molecule has 3 rings (SSSR count). The van der Waals surface area contributed by atoms with Crippen molar-refractivity contribution in [2.45, 2.75) is 6.42 Å². The number of rotatable bonds is 4. The van der Waals surface area contributed by atoms with Crippen molar-refractivity contribution in [2.75, 3.05) is 19.1 Å². The van der Waals surface area contributed by atoms with E-state index in [0.717, 1.165) is 11.3 Å². The number of thiophene rings is 1. The molecule has 5 nitrogen and oxygen atoms in total. The lowest BCUT2D eigenvalue weighted by atomic mass is 10.2. The lowest BCUT2D eigenvalue weighted by Gasteiger charge is -2.12. The largest absolute Gasteiger partial charge is 0.469 e. The standard InChI is InChI=1S/C16H12ClFN2O3S2/c1-20(16-19-9(7-24-16)6-12(21)23-2)15(22)14-13(17)10-4-3-8(18)5-11(10)25-14/h3-5,7H,6H2,1-2H3. The highest BCUT2D eigenvalue weighted by Crippen LogP contribution is 2.37. The Hall–Kier alpha value is -2.03. The summed E-state index contributed by atoms with van der Waals surface area (Å²) in [4.78, 5) is 30.0.